The van der Waals surface area contributed by atoms with Crippen molar-refractivity contribution < 1.29 is 14.6 Å². The summed E-state index contributed by atoms with van der Waals surface area (Å²) in [6.07, 6.45) is 6.01. The molecule has 0 aliphatic heterocycles. The fraction of sp³-hybridized carbons (Fsp3) is 0.520. The quantitative estimate of drug-likeness (QED) is 0.279. The Balaban J connectivity index is 1.84. The molecule has 0 spiro atoms. The van der Waals surface area contributed by atoms with Gasteiger partial charge in [-0.2, -0.15) is 0 Å². The lowest BCUT2D eigenvalue weighted by Gasteiger charge is -2.15. The maximum atomic E-state index is 13.3. The lowest BCUT2D eigenvalue weighted by atomic mass is 10.1. The molecule has 10 nitrogen and oxygen atoms in total. The van der Waals surface area contributed by atoms with E-state index in [2.05, 4.69) is 25.6 Å². The van der Waals surface area contributed by atoms with E-state index in [9.17, 15) is 9.90 Å². The molecule has 0 saturated heterocycles. The van der Waals surface area contributed by atoms with Crippen molar-refractivity contribution in [1.29, 1.82) is 0 Å². The van der Waals surface area contributed by atoms with E-state index in [1.807, 2.05) is 26.0 Å². The fourth-order valence-electron chi connectivity index (χ4n) is 3.63. The summed E-state index contributed by atoms with van der Waals surface area (Å²) in [6.45, 7) is 6.96. The van der Waals surface area contributed by atoms with E-state index in [0.29, 0.717) is 43.3 Å². The van der Waals surface area contributed by atoms with Crippen molar-refractivity contribution >= 4 is 17.0 Å². The summed E-state index contributed by atoms with van der Waals surface area (Å²) in [5.41, 5.74) is 2.61. The molecule has 0 fully saturated rings. The molecule has 0 aromatic carbocycles. The minimum Gasteiger partial charge on any atom is -0.481 e. The van der Waals surface area contributed by atoms with Gasteiger partial charge in [0.05, 0.1) is 25.8 Å². The number of pyridine rings is 2. The molecule has 3 N–H and O–H groups in total. The number of nitrogens with one attached hydrogen (secondary N) is 2. The number of rotatable bonds is 15. The number of ether oxygens (including phenoxy) is 2. The number of aliphatic hydroxyl groups is 1. The van der Waals surface area contributed by atoms with Crippen molar-refractivity contribution in [3.05, 3.63) is 40.9 Å². The standard InChI is InChI=1S/C25H36N6O4/c1-4-12-35-13-11-31-21-14-19(18-7-8-22(34-3)28-15-18)16-29-23(21)30-24(25(31)33)27-10-6-9-26-20(5-2)17-32/h7-8,14-16,20,26,32H,4-6,9-13,17H2,1-3H3,(H,27,29,30)/t20-/m0/s1. The Hall–Kier alpha value is -3.08. The molecule has 3 aromatic heterocycles. The van der Waals surface area contributed by atoms with Gasteiger partial charge in [0.1, 0.15) is 0 Å². The summed E-state index contributed by atoms with van der Waals surface area (Å²) >= 11 is 0. The van der Waals surface area contributed by atoms with E-state index in [0.717, 1.165) is 36.9 Å². The van der Waals surface area contributed by atoms with Crippen LogP contribution in [-0.4, -0.2) is 70.7 Å². The molecule has 0 aliphatic rings. The Morgan fingerprint density at radius 3 is 2.63 bits per heavy atom. The first-order chi connectivity index (χ1) is 17.1. The van der Waals surface area contributed by atoms with Crippen LogP contribution >= 0.6 is 0 Å². The van der Waals surface area contributed by atoms with Crippen LogP contribution in [0.1, 0.15) is 33.1 Å². The Bertz CT molecular complexity index is 1120. The summed E-state index contributed by atoms with van der Waals surface area (Å²) < 4.78 is 12.5. The third-order valence-corrected chi connectivity index (χ3v) is 5.68. The molecule has 3 aromatic rings. The first-order valence-corrected chi connectivity index (χ1v) is 12.2. The van der Waals surface area contributed by atoms with Gasteiger partial charge in [-0.3, -0.25) is 9.36 Å². The SMILES string of the molecule is CCCOCCn1c(=O)c(NCCCN[C@@H](CC)CO)nc2ncc(-c3ccc(OC)nc3)cc21. The van der Waals surface area contributed by atoms with Gasteiger partial charge in [0, 0.05) is 55.3 Å². The Morgan fingerprint density at radius 2 is 1.94 bits per heavy atom. The predicted octanol–water partition coefficient (Wildman–Crippen LogP) is 2.45. The van der Waals surface area contributed by atoms with Gasteiger partial charge in [0.25, 0.3) is 5.56 Å². The van der Waals surface area contributed by atoms with E-state index in [1.165, 1.54) is 0 Å². The first kappa shape index (κ1) is 26.5. The van der Waals surface area contributed by atoms with E-state index in [-0.39, 0.29) is 24.0 Å². The largest absolute Gasteiger partial charge is 0.481 e. The Labute approximate surface area is 205 Å². The second-order valence-corrected chi connectivity index (χ2v) is 8.21. The zero-order valence-corrected chi connectivity index (χ0v) is 20.8. The average Bonchev–Trinajstić information content (AvgIpc) is 2.90. The molecular weight excluding hydrogens is 448 g/mol. The predicted molar refractivity (Wildman–Crippen MR) is 137 cm³/mol. The number of nitrogens with zero attached hydrogens (tertiary/aromatic N) is 4. The number of anilines is 1. The molecular formula is C25H36N6O4. The van der Waals surface area contributed by atoms with Gasteiger partial charge in [0.15, 0.2) is 11.5 Å². The zero-order chi connectivity index (χ0) is 25.0. The van der Waals surface area contributed by atoms with Crippen molar-refractivity contribution in [2.75, 3.05) is 45.3 Å². The lowest BCUT2D eigenvalue weighted by molar-refractivity contribution is 0.127. The minimum absolute atomic E-state index is 0.0911. The number of aromatic nitrogens is 4. The van der Waals surface area contributed by atoms with E-state index in [4.69, 9.17) is 9.47 Å². The highest BCUT2D eigenvalue weighted by Gasteiger charge is 2.14. The molecule has 0 bridgehead atoms. The molecule has 3 rings (SSSR count). The van der Waals surface area contributed by atoms with Crippen molar-refractivity contribution in [2.24, 2.45) is 0 Å². The van der Waals surface area contributed by atoms with E-state index < -0.39 is 0 Å². The lowest BCUT2D eigenvalue weighted by Crippen LogP contribution is -2.33. The maximum absolute atomic E-state index is 13.3. The van der Waals surface area contributed by atoms with Crippen molar-refractivity contribution in [2.45, 2.75) is 45.7 Å². The van der Waals surface area contributed by atoms with Gasteiger partial charge in [-0.1, -0.05) is 13.8 Å². The third-order valence-electron chi connectivity index (χ3n) is 5.68. The summed E-state index contributed by atoms with van der Waals surface area (Å²) in [7, 11) is 1.57. The Kier molecular flexibility index (Phi) is 10.4. The number of hydrogen-bond acceptors (Lipinski definition) is 9. The van der Waals surface area contributed by atoms with Crippen LogP contribution in [0.15, 0.2) is 35.4 Å². The van der Waals surface area contributed by atoms with Crippen LogP contribution in [0.5, 0.6) is 5.88 Å². The number of aliphatic hydroxyl groups excluding tert-OH is 1. The van der Waals surface area contributed by atoms with Crippen LogP contribution in [0.3, 0.4) is 0 Å². The van der Waals surface area contributed by atoms with Crippen molar-refractivity contribution in [1.82, 2.24) is 24.8 Å². The second kappa shape index (κ2) is 13.7. The van der Waals surface area contributed by atoms with Crippen LogP contribution < -0.4 is 20.9 Å². The van der Waals surface area contributed by atoms with Crippen LogP contribution in [-0.2, 0) is 11.3 Å². The highest BCUT2D eigenvalue weighted by Crippen LogP contribution is 2.23. The molecule has 0 radical (unpaired) electrons. The van der Waals surface area contributed by atoms with Gasteiger partial charge in [0.2, 0.25) is 5.88 Å². The van der Waals surface area contributed by atoms with Crippen LogP contribution in [0.4, 0.5) is 5.82 Å². The smallest absolute Gasteiger partial charge is 0.293 e. The van der Waals surface area contributed by atoms with Crippen LogP contribution in [0.2, 0.25) is 0 Å². The van der Waals surface area contributed by atoms with Gasteiger partial charge in [-0.05, 0) is 37.9 Å². The maximum Gasteiger partial charge on any atom is 0.293 e. The number of methoxy groups -OCH3 is 1. The number of hydrogen-bond donors (Lipinski definition) is 3. The summed E-state index contributed by atoms with van der Waals surface area (Å²) in [5.74, 6) is 0.801. The molecule has 190 valence electrons. The van der Waals surface area contributed by atoms with E-state index >= 15 is 0 Å². The topological polar surface area (TPSA) is 123 Å². The molecule has 0 unspecified atom stereocenters. The van der Waals surface area contributed by atoms with Crippen LogP contribution in [0, 0.1) is 0 Å². The van der Waals surface area contributed by atoms with Crippen molar-refractivity contribution in [3.63, 3.8) is 0 Å². The molecule has 0 amide bonds. The molecule has 0 aliphatic carbocycles. The van der Waals surface area contributed by atoms with Crippen LogP contribution in [0.25, 0.3) is 22.3 Å². The van der Waals surface area contributed by atoms with Gasteiger partial charge < -0.3 is 25.2 Å². The highest BCUT2D eigenvalue weighted by atomic mass is 16.5. The zero-order valence-electron chi connectivity index (χ0n) is 20.8. The first-order valence-electron chi connectivity index (χ1n) is 12.2. The van der Waals surface area contributed by atoms with Gasteiger partial charge in [-0.15, -0.1) is 0 Å². The average molecular weight is 485 g/mol. The fourth-order valence-corrected chi connectivity index (χ4v) is 3.63. The monoisotopic (exact) mass is 484 g/mol. The molecule has 10 heteroatoms. The van der Waals surface area contributed by atoms with Gasteiger partial charge >= 0.3 is 0 Å². The second-order valence-electron chi connectivity index (χ2n) is 8.21. The van der Waals surface area contributed by atoms with E-state index in [1.54, 1.807) is 30.1 Å². The molecule has 35 heavy (non-hydrogen) atoms. The molecule has 1 atom stereocenters. The Morgan fingerprint density at radius 1 is 1.11 bits per heavy atom. The third kappa shape index (κ3) is 7.20. The minimum atomic E-state index is -0.209. The summed E-state index contributed by atoms with van der Waals surface area (Å²) in [5, 5.41) is 15.7. The summed E-state index contributed by atoms with van der Waals surface area (Å²) in [6, 6.07) is 5.69. The molecule has 3 heterocycles. The number of fused-ring (bicyclic) bond motifs is 1. The molecule has 0 saturated carbocycles. The normalized spacial score (nSPS) is 12.1. The van der Waals surface area contributed by atoms with Crippen molar-refractivity contribution in [3.8, 4) is 17.0 Å². The summed E-state index contributed by atoms with van der Waals surface area (Å²) in [4.78, 5) is 26.6. The van der Waals surface area contributed by atoms with Gasteiger partial charge in [-0.25, -0.2) is 15.0 Å². The highest BCUT2D eigenvalue weighted by molar-refractivity contribution is 5.78.